The highest BCUT2D eigenvalue weighted by Crippen LogP contribution is 2.42. The molecule has 1 N–H and O–H groups in total. The molecule has 2 fully saturated rings. The van der Waals surface area contributed by atoms with Gasteiger partial charge in [-0.25, -0.2) is 9.59 Å². The molecule has 5 aromatic carbocycles. The van der Waals surface area contributed by atoms with Gasteiger partial charge in [0, 0.05) is 20.1 Å². The number of hydrogen-bond donors (Lipinski definition) is 1. The van der Waals surface area contributed by atoms with Gasteiger partial charge in [-0.3, -0.25) is 4.90 Å². The van der Waals surface area contributed by atoms with Crippen molar-refractivity contribution in [3.05, 3.63) is 179 Å². The second kappa shape index (κ2) is 31.2. The zero-order chi connectivity index (χ0) is 54.1. The van der Waals surface area contributed by atoms with Gasteiger partial charge in [0.2, 0.25) is 0 Å². The number of amides is 1. The number of carbonyl (C=O) groups is 2. The molecule has 0 bridgehead atoms. The lowest BCUT2D eigenvalue weighted by Crippen LogP contribution is -2.67. The Bertz CT molecular complexity index is 2410. The fraction of sp³-hybridized carbons (Fsp3) is 0.508. The predicted molar refractivity (Wildman–Crippen MR) is 299 cm³/mol. The molecule has 1 amide bonds. The van der Waals surface area contributed by atoms with Crippen molar-refractivity contribution < 1.29 is 52.6 Å². The highest BCUT2D eigenvalue weighted by atomic mass is 16.8. The van der Waals surface area contributed by atoms with E-state index in [2.05, 4.69) is 6.92 Å². The van der Waals surface area contributed by atoms with Crippen molar-refractivity contribution in [3.63, 3.8) is 0 Å². The number of esters is 1. The molecule has 2 aliphatic heterocycles. The van der Waals surface area contributed by atoms with Crippen molar-refractivity contribution in [2.24, 2.45) is 0 Å². The van der Waals surface area contributed by atoms with E-state index in [0.717, 1.165) is 47.9 Å². The first-order chi connectivity index (χ1) is 37.6. The van der Waals surface area contributed by atoms with Crippen molar-refractivity contribution in [2.75, 3.05) is 13.7 Å². The molecule has 0 aliphatic carbocycles. The fourth-order valence-corrected chi connectivity index (χ4v) is 10.7. The van der Waals surface area contributed by atoms with Crippen LogP contribution in [0.3, 0.4) is 0 Å². The summed E-state index contributed by atoms with van der Waals surface area (Å²) in [5.74, 6) is -3.18. The Morgan fingerprint density at radius 3 is 1.62 bits per heavy atom. The van der Waals surface area contributed by atoms with E-state index in [1.807, 2.05) is 141 Å². The molecule has 5 aromatic rings. The van der Waals surface area contributed by atoms with Crippen LogP contribution in [0.4, 0.5) is 4.79 Å². The first-order valence-corrected chi connectivity index (χ1v) is 28.4. The molecule has 3 unspecified atom stereocenters. The van der Waals surface area contributed by atoms with Gasteiger partial charge in [0.05, 0.1) is 30.9 Å². The van der Waals surface area contributed by atoms with E-state index >= 15 is 4.79 Å². The molecule has 2 saturated heterocycles. The molecular formula is C65H85NO11. The maximum atomic E-state index is 15.0. The average molecular weight is 1060 g/mol. The van der Waals surface area contributed by atoms with E-state index in [9.17, 15) is 9.90 Å². The largest absolute Gasteiger partial charge is 0.459 e. The molecule has 416 valence electrons. The summed E-state index contributed by atoms with van der Waals surface area (Å²) in [5, 5.41) is 12.4. The Labute approximate surface area is 458 Å². The Kier molecular flexibility index (Phi) is 24.0. The second-order valence-corrected chi connectivity index (χ2v) is 21.2. The number of nitrogens with zero attached hydrogens (tertiary/aromatic N) is 1. The van der Waals surface area contributed by atoms with Crippen molar-refractivity contribution in [1.82, 2.24) is 4.90 Å². The minimum atomic E-state index is -1.65. The Balaban J connectivity index is 1.22. The number of rotatable bonds is 32. The van der Waals surface area contributed by atoms with E-state index in [1.165, 1.54) is 57.8 Å². The molecule has 0 radical (unpaired) electrons. The van der Waals surface area contributed by atoms with Gasteiger partial charge < -0.3 is 43.0 Å². The van der Waals surface area contributed by atoms with E-state index < -0.39 is 60.2 Å². The van der Waals surface area contributed by atoms with Crippen molar-refractivity contribution in [3.8, 4) is 0 Å². The summed E-state index contributed by atoms with van der Waals surface area (Å²) in [6.45, 7) is 6.35. The van der Waals surface area contributed by atoms with Crippen LogP contribution in [-0.2, 0) is 64.3 Å². The normalized spacial score (nSPS) is 22.3. The van der Waals surface area contributed by atoms with Gasteiger partial charge >= 0.3 is 12.1 Å². The van der Waals surface area contributed by atoms with Gasteiger partial charge in [-0.05, 0) is 61.1 Å². The zero-order valence-electron chi connectivity index (χ0n) is 46.1. The molecule has 0 aromatic heterocycles. The maximum Gasteiger partial charge on any atom is 0.410 e. The lowest BCUT2D eigenvalue weighted by atomic mass is 9.86. The summed E-state index contributed by atoms with van der Waals surface area (Å²) in [6.07, 6.45) is 9.82. The van der Waals surface area contributed by atoms with Crippen LogP contribution in [0.15, 0.2) is 152 Å². The number of benzene rings is 5. The highest BCUT2D eigenvalue weighted by molar-refractivity contribution is 5.89. The van der Waals surface area contributed by atoms with Gasteiger partial charge in [-0.2, -0.15) is 0 Å². The predicted octanol–water partition coefficient (Wildman–Crippen LogP) is 13.7. The number of methoxy groups -OCH3 is 1. The van der Waals surface area contributed by atoms with E-state index in [1.54, 1.807) is 36.3 Å². The molecule has 2 aliphatic rings. The summed E-state index contributed by atoms with van der Waals surface area (Å²) in [4.78, 5) is 30.3. The quantitative estimate of drug-likeness (QED) is 0.0326. The van der Waals surface area contributed by atoms with E-state index in [0.29, 0.717) is 5.56 Å². The highest BCUT2D eigenvalue weighted by Gasteiger charge is 2.58. The van der Waals surface area contributed by atoms with Crippen LogP contribution in [0.2, 0.25) is 0 Å². The number of hydrogen-bond acceptors (Lipinski definition) is 11. The van der Waals surface area contributed by atoms with Gasteiger partial charge in [-0.15, -0.1) is 0 Å². The van der Waals surface area contributed by atoms with E-state index in [-0.39, 0.29) is 51.9 Å². The van der Waals surface area contributed by atoms with Gasteiger partial charge in [0.15, 0.2) is 11.6 Å². The van der Waals surface area contributed by atoms with Gasteiger partial charge in [0.1, 0.15) is 43.7 Å². The van der Waals surface area contributed by atoms with E-state index in [4.69, 9.17) is 37.9 Å². The topological polar surface area (TPSA) is 131 Å². The second-order valence-electron chi connectivity index (χ2n) is 21.2. The molecule has 7 rings (SSSR count). The van der Waals surface area contributed by atoms with Crippen molar-refractivity contribution in [2.45, 2.75) is 198 Å². The summed E-state index contributed by atoms with van der Waals surface area (Å²) < 4.78 is 53.3. The lowest BCUT2D eigenvalue weighted by Gasteiger charge is -2.51. The molecule has 0 saturated carbocycles. The van der Waals surface area contributed by atoms with Crippen LogP contribution in [0.25, 0.3) is 0 Å². The average Bonchev–Trinajstić information content (AvgIpc) is 3.77. The SMILES string of the molecule is CCCCCCCCCCCCCCC1OC(C)(C)O[C@H]1[C@H](CC[C@]1(OC)OC(COC(=O)c2ccccc2)[C@H](O)[C@H](OCc2ccccc2)C1OCc1ccccc1)N(Cc1ccccc1)C(=O)OCc1ccccc1. The molecular weight excluding hydrogens is 971 g/mol. The summed E-state index contributed by atoms with van der Waals surface area (Å²) in [6, 6.07) is 47.0. The van der Waals surface area contributed by atoms with Crippen LogP contribution in [-0.4, -0.2) is 90.0 Å². The van der Waals surface area contributed by atoms with Crippen molar-refractivity contribution >= 4 is 12.1 Å². The first kappa shape index (κ1) is 59.2. The monoisotopic (exact) mass is 1060 g/mol. The Hall–Kier alpha value is -5.44. The number of ether oxygens (including phenoxy) is 8. The van der Waals surface area contributed by atoms with Gasteiger partial charge in [-0.1, -0.05) is 224 Å². The minimum Gasteiger partial charge on any atom is -0.459 e. The first-order valence-electron chi connectivity index (χ1n) is 28.4. The fourth-order valence-electron chi connectivity index (χ4n) is 10.7. The molecule has 77 heavy (non-hydrogen) atoms. The smallest absolute Gasteiger partial charge is 0.410 e. The third kappa shape index (κ3) is 18.3. The van der Waals surface area contributed by atoms with Crippen LogP contribution in [0, 0.1) is 0 Å². The number of unbranched alkanes of at least 4 members (excludes halogenated alkanes) is 11. The van der Waals surface area contributed by atoms with Crippen LogP contribution >= 0.6 is 0 Å². The Morgan fingerprint density at radius 2 is 1.08 bits per heavy atom. The van der Waals surface area contributed by atoms with Crippen LogP contribution < -0.4 is 0 Å². The van der Waals surface area contributed by atoms with Crippen LogP contribution in [0.1, 0.15) is 150 Å². The standard InChI is InChI=1S/C65H85NO11/c1-5-6-7-8-9-10-11-12-13-14-15-31-42-56-59(77-64(2,3)75-56)55(66(45-50-32-21-16-22-33-50)63(69)74-48-53-38-27-19-28-39-53)43-44-65(70-4)61(72-47-52-36-25-18-26-37-52)60(71-46-51-34-23-17-24-35-51)58(67)57(76-65)49-73-62(68)54-40-29-20-30-41-54/h16-30,32-41,55-61,67H,5-15,31,42-49H2,1-4H3/t55-,56?,57?,58-,59-,60-,61?,65-/m0/s1. The third-order valence-corrected chi connectivity index (χ3v) is 14.9. The van der Waals surface area contributed by atoms with Crippen molar-refractivity contribution in [1.29, 1.82) is 0 Å². The number of carbonyl (C=O) groups excluding carboxylic acids is 2. The Morgan fingerprint density at radius 1 is 0.584 bits per heavy atom. The molecule has 8 atom stereocenters. The van der Waals surface area contributed by atoms with Crippen LogP contribution in [0.5, 0.6) is 0 Å². The maximum absolute atomic E-state index is 15.0. The summed E-state index contributed by atoms with van der Waals surface area (Å²) >= 11 is 0. The molecule has 12 heteroatoms. The number of aliphatic hydroxyl groups excluding tert-OH is 1. The summed E-state index contributed by atoms with van der Waals surface area (Å²) in [5.41, 5.74) is 3.89. The lowest BCUT2D eigenvalue weighted by molar-refractivity contribution is -0.374. The zero-order valence-corrected chi connectivity index (χ0v) is 46.1. The minimum absolute atomic E-state index is 0.0652. The number of aliphatic hydroxyl groups is 1. The third-order valence-electron chi connectivity index (χ3n) is 14.9. The molecule has 0 spiro atoms. The van der Waals surface area contributed by atoms with Gasteiger partial charge in [0.25, 0.3) is 0 Å². The molecule has 12 nitrogen and oxygen atoms in total. The molecule has 2 heterocycles. The summed E-state index contributed by atoms with van der Waals surface area (Å²) in [7, 11) is 1.55.